The fraction of sp³-hybridized carbons (Fsp3) is 0.250. The van der Waals surface area contributed by atoms with Crippen molar-refractivity contribution in [2.75, 3.05) is 54.9 Å². The summed E-state index contributed by atoms with van der Waals surface area (Å²) in [5, 5.41) is 6.52. The number of anilines is 3. The zero-order chi connectivity index (χ0) is 27.9. The maximum absolute atomic E-state index is 14.6. The lowest BCUT2D eigenvalue weighted by Crippen LogP contribution is -2.38. The highest BCUT2D eigenvalue weighted by Gasteiger charge is 2.34. The Kier molecular flexibility index (Phi) is 6.70. The number of hydrogen-bond donors (Lipinski definition) is 2. The van der Waals surface area contributed by atoms with E-state index >= 15 is 0 Å². The molecule has 206 valence electrons. The second kappa shape index (κ2) is 10.3. The van der Waals surface area contributed by atoms with Crippen LogP contribution in [0.5, 0.6) is 0 Å². The smallest absolute Gasteiger partial charge is 0.417 e. The third-order valence-corrected chi connectivity index (χ3v) is 6.80. The van der Waals surface area contributed by atoms with Crippen LogP contribution in [0.2, 0.25) is 0 Å². The lowest BCUT2D eigenvalue weighted by Gasteiger charge is -2.26. The van der Waals surface area contributed by atoms with Gasteiger partial charge in [-0.15, -0.1) is 0 Å². The van der Waals surface area contributed by atoms with E-state index in [1.807, 2.05) is 12.1 Å². The molecule has 0 bridgehead atoms. The van der Waals surface area contributed by atoms with E-state index in [0.717, 1.165) is 37.0 Å². The number of amidine groups is 1. The van der Waals surface area contributed by atoms with E-state index < -0.39 is 23.4 Å². The first-order chi connectivity index (χ1) is 19.3. The van der Waals surface area contributed by atoms with Crippen LogP contribution in [0.15, 0.2) is 59.6 Å². The van der Waals surface area contributed by atoms with Gasteiger partial charge in [0.25, 0.3) is 0 Å². The molecule has 2 aliphatic heterocycles. The molecule has 40 heavy (non-hydrogen) atoms. The average molecular weight is 556 g/mol. The number of aromatic nitrogens is 2. The van der Waals surface area contributed by atoms with Gasteiger partial charge in [-0.3, -0.25) is 4.99 Å². The van der Waals surface area contributed by atoms with Crippen molar-refractivity contribution in [1.29, 1.82) is 0 Å². The third kappa shape index (κ3) is 5.02. The molecule has 6 rings (SSSR count). The lowest BCUT2D eigenvalue weighted by atomic mass is 10.1. The van der Waals surface area contributed by atoms with Gasteiger partial charge in [-0.05, 0) is 30.3 Å². The predicted molar refractivity (Wildman–Crippen MR) is 144 cm³/mol. The number of benzene rings is 3. The summed E-state index contributed by atoms with van der Waals surface area (Å²) in [4.78, 5) is 15.6. The number of rotatable bonds is 3. The Hall–Kier alpha value is -4.32. The largest absolute Gasteiger partial charge is 0.431 e. The number of hydrogen-bond acceptors (Lipinski definition) is 6. The van der Waals surface area contributed by atoms with Crippen LogP contribution in [-0.4, -0.2) is 59.9 Å². The molecule has 7 nitrogen and oxygen atoms in total. The summed E-state index contributed by atoms with van der Waals surface area (Å²) in [5.41, 5.74) is 0.423. The number of aliphatic hydroxyl groups is 2. The van der Waals surface area contributed by atoms with E-state index in [2.05, 4.69) is 35.2 Å². The molecule has 0 atom stereocenters. The van der Waals surface area contributed by atoms with Crippen LogP contribution in [0.4, 0.5) is 39.1 Å². The minimum absolute atomic E-state index is 0.0731. The quantitative estimate of drug-likeness (QED) is 0.268. The molecule has 2 aliphatic rings. The van der Waals surface area contributed by atoms with Crippen LogP contribution in [0.1, 0.15) is 11.1 Å². The van der Waals surface area contributed by atoms with Crippen molar-refractivity contribution in [2.45, 2.75) is 6.18 Å². The first kappa shape index (κ1) is 25.9. The van der Waals surface area contributed by atoms with Crippen LogP contribution in [0.3, 0.4) is 0 Å². The number of benzodiazepines with no additional fused rings is 1. The fourth-order valence-electron chi connectivity index (χ4n) is 4.91. The zero-order valence-electron chi connectivity index (χ0n) is 21.1. The Morgan fingerprint density at radius 2 is 1.73 bits per heavy atom. The highest BCUT2D eigenvalue weighted by atomic mass is 19.4. The topological polar surface area (TPSA) is 78.2 Å². The van der Waals surface area contributed by atoms with Gasteiger partial charge in [0.1, 0.15) is 23.3 Å². The molecule has 0 saturated carbocycles. The highest BCUT2D eigenvalue weighted by Crippen LogP contribution is 2.37. The summed E-state index contributed by atoms with van der Waals surface area (Å²) in [6, 6.07) is 12.4. The molecule has 1 saturated heterocycles. The summed E-state index contributed by atoms with van der Waals surface area (Å²) in [7, 11) is 0. The van der Waals surface area contributed by atoms with Crippen LogP contribution < -0.4 is 15.5 Å². The number of ether oxygens (including phenoxy) is 1. The van der Waals surface area contributed by atoms with Crippen molar-refractivity contribution in [1.82, 2.24) is 9.97 Å². The summed E-state index contributed by atoms with van der Waals surface area (Å²) < 4.78 is 74.9. The third-order valence-electron chi connectivity index (χ3n) is 6.80. The molecule has 12 heteroatoms. The van der Waals surface area contributed by atoms with Gasteiger partial charge in [0.05, 0.1) is 36.4 Å². The first-order valence-electron chi connectivity index (χ1n) is 12.7. The van der Waals surface area contributed by atoms with Crippen molar-refractivity contribution in [3.8, 4) is 11.4 Å². The van der Waals surface area contributed by atoms with Gasteiger partial charge in [-0.2, -0.15) is 13.2 Å². The maximum atomic E-state index is 14.6. The SMILES string of the molecule is Fc1cc(F)c2c(c1)C(Nc1nc(-c3ccccc3C(F)(F)F)nc3ccc(N4CC[OH+]CC4)cc13)=NCCN2. The standard InChI is InChI=1S/C28H23F5N6O/c29-16-13-20-24(22(30)14-16)34-7-8-35-25(20)37-27-19-15-17(39-9-11-40-12-10-39)5-6-23(19)36-26(38-27)18-3-1-2-4-21(18)28(31,32)33/h1-6,13-15,34H,7-12H2,(H,35,36,37,38)/p+1. The molecule has 3 heterocycles. The van der Waals surface area contributed by atoms with Crippen molar-refractivity contribution >= 4 is 33.9 Å². The summed E-state index contributed by atoms with van der Waals surface area (Å²) in [6.45, 7) is 3.36. The van der Waals surface area contributed by atoms with E-state index in [1.165, 1.54) is 18.2 Å². The number of aliphatic imine (C=N–C) groups is 1. The maximum Gasteiger partial charge on any atom is 0.417 e. The molecule has 4 aromatic rings. The van der Waals surface area contributed by atoms with Gasteiger partial charge < -0.3 is 20.3 Å². The lowest BCUT2D eigenvalue weighted by molar-refractivity contribution is -0.137. The first-order valence-corrected chi connectivity index (χ1v) is 12.7. The average Bonchev–Trinajstić information content (AvgIpc) is 3.15. The number of morpholine rings is 1. The Labute approximate surface area is 225 Å². The van der Waals surface area contributed by atoms with Gasteiger partial charge in [0, 0.05) is 34.8 Å². The van der Waals surface area contributed by atoms with Crippen LogP contribution in [0, 0.1) is 11.6 Å². The van der Waals surface area contributed by atoms with Crippen LogP contribution in [0.25, 0.3) is 22.3 Å². The van der Waals surface area contributed by atoms with E-state index in [4.69, 9.17) is 0 Å². The van der Waals surface area contributed by atoms with Crippen LogP contribution >= 0.6 is 0 Å². The molecule has 1 fully saturated rings. The van der Waals surface area contributed by atoms with Crippen LogP contribution in [-0.2, 0) is 6.18 Å². The van der Waals surface area contributed by atoms with Gasteiger partial charge >= 0.3 is 6.18 Å². The van der Waals surface area contributed by atoms with Gasteiger partial charge in [-0.1, -0.05) is 18.2 Å². The number of fused-ring (bicyclic) bond motifs is 2. The Morgan fingerprint density at radius 1 is 0.925 bits per heavy atom. The molecule has 0 amide bonds. The van der Waals surface area contributed by atoms with Crippen molar-refractivity contribution in [2.24, 2.45) is 4.99 Å². The van der Waals surface area contributed by atoms with Crippen molar-refractivity contribution in [3.63, 3.8) is 0 Å². The number of alkyl halides is 3. The van der Waals surface area contributed by atoms with Crippen molar-refractivity contribution < 1.29 is 26.7 Å². The molecule has 3 aromatic carbocycles. The molecule has 3 N–H and O–H groups in total. The second-order valence-corrected chi connectivity index (χ2v) is 9.39. The molecule has 0 unspecified atom stereocenters. The Morgan fingerprint density at radius 3 is 2.52 bits per heavy atom. The van der Waals surface area contributed by atoms with Crippen molar-refractivity contribution in [3.05, 3.63) is 77.4 Å². The van der Waals surface area contributed by atoms with E-state index in [-0.39, 0.29) is 40.8 Å². The Bertz CT molecular complexity index is 1620. The Balaban J connectivity index is 1.53. The van der Waals surface area contributed by atoms with Gasteiger partial charge in [-0.25, -0.2) is 18.7 Å². The summed E-state index contributed by atoms with van der Waals surface area (Å²) in [5.74, 6) is -1.42. The number of nitrogens with zero attached hydrogens (tertiary/aromatic N) is 4. The number of halogens is 5. The minimum Gasteiger partial charge on any atom is -0.431 e. The highest BCUT2D eigenvalue weighted by molar-refractivity contribution is 6.14. The normalized spacial score (nSPS) is 15.7. The fourth-order valence-corrected chi connectivity index (χ4v) is 4.91. The molecule has 0 aliphatic carbocycles. The monoisotopic (exact) mass is 555 g/mol. The number of nitrogens with one attached hydrogen (secondary N) is 2. The minimum atomic E-state index is -4.63. The molecular weight excluding hydrogens is 531 g/mol. The zero-order valence-corrected chi connectivity index (χ0v) is 21.1. The van der Waals surface area contributed by atoms with E-state index in [9.17, 15) is 22.0 Å². The molecule has 1 aromatic heterocycles. The van der Waals surface area contributed by atoms with E-state index in [0.29, 0.717) is 30.7 Å². The molecular formula is C28H24F5N6O+. The second-order valence-electron chi connectivity index (χ2n) is 9.39. The molecule has 0 radical (unpaired) electrons. The predicted octanol–water partition coefficient (Wildman–Crippen LogP) is 5.23. The van der Waals surface area contributed by atoms with Gasteiger partial charge in [0.2, 0.25) is 0 Å². The molecule has 0 spiro atoms. The summed E-state index contributed by atoms with van der Waals surface area (Å²) >= 11 is 0. The van der Waals surface area contributed by atoms with E-state index in [1.54, 1.807) is 6.07 Å². The van der Waals surface area contributed by atoms with Gasteiger partial charge in [0.15, 0.2) is 19.0 Å². The summed E-state index contributed by atoms with van der Waals surface area (Å²) in [6.07, 6.45) is -4.63.